The molecule has 2 atom stereocenters. The Morgan fingerprint density at radius 1 is 1.00 bits per heavy atom. The predicted molar refractivity (Wildman–Crippen MR) is 69.9 cm³/mol. The van der Waals surface area contributed by atoms with Crippen molar-refractivity contribution in [1.29, 1.82) is 0 Å². The molecule has 0 saturated heterocycles. The van der Waals surface area contributed by atoms with Crippen molar-refractivity contribution in [2.75, 3.05) is 13.2 Å². The summed E-state index contributed by atoms with van der Waals surface area (Å²) in [5, 5.41) is 44.5. The van der Waals surface area contributed by atoms with E-state index in [0.29, 0.717) is 0 Å². The summed E-state index contributed by atoms with van der Waals surface area (Å²) in [5.41, 5.74) is -0.153. The van der Waals surface area contributed by atoms with Gasteiger partial charge in [-0.3, -0.25) is 0 Å². The van der Waals surface area contributed by atoms with E-state index < -0.39 is 45.1 Å². The highest BCUT2D eigenvalue weighted by atomic mass is 31.2. The number of aliphatic carboxylic acids is 1. The number of carboxylic acid groups (broad SMARTS) is 1. The SMILES string of the molecule is C=C(C(=O)O)C(CC(O)CO)CC(O)CO.O=P(O)(O)O. The summed E-state index contributed by atoms with van der Waals surface area (Å²) in [7, 11) is -4.64. The molecular weight excluding hydrogens is 311 g/mol. The van der Waals surface area contributed by atoms with Crippen LogP contribution in [0.4, 0.5) is 0 Å². The number of hydrogen-bond donors (Lipinski definition) is 8. The molecule has 0 rings (SSSR count). The van der Waals surface area contributed by atoms with Crippen LogP contribution >= 0.6 is 7.82 Å². The quantitative estimate of drug-likeness (QED) is 0.178. The van der Waals surface area contributed by atoms with Gasteiger partial charge in [0.15, 0.2) is 0 Å². The van der Waals surface area contributed by atoms with Gasteiger partial charge in [-0.2, -0.15) is 0 Å². The van der Waals surface area contributed by atoms with Crippen LogP contribution in [-0.2, 0) is 9.36 Å². The van der Waals surface area contributed by atoms with Gasteiger partial charge in [0.25, 0.3) is 0 Å². The first-order valence-electron chi connectivity index (χ1n) is 5.70. The molecule has 0 fully saturated rings. The van der Waals surface area contributed by atoms with Crippen molar-refractivity contribution in [3.63, 3.8) is 0 Å². The van der Waals surface area contributed by atoms with Crippen molar-refractivity contribution in [1.82, 2.24) is 0 Å². The van der Waals surface area contributed by atoms with E-state index in [4.69, 9.17) is 34.6 Å². The summed E-state index contributed by atoms with van der Waals surface area (Å²) in [6.45, 7) is 2.37. The Labute approximate surface area is 120 Å². The van der Waals surface area contributed by atoms with Crippen molar-refractivity contribution in [2.24, 2.45) is 5.92 Å². The van der Waals surface area contributed by atoms with Crippen LogP contribution in [-0.4, -0.2) is 71.6 Å². The molecule has 10 nitrogen and oxygen atoms in total. The number of phosphoric acid groups is 1. The van der Waals surface area contributed by atoms with Gasteiger partial charge in [-0.15, -0.1) is 0 Å². The fraction of sp³-hybridized carbons (Fsp3) is 0.700. The molecule has 126 valence electrons. The molecule has 0 aromatic rings. The van der Waals surface area contributed by atoms with Crippen LogP contribution in [0.3, 0.4) is 0 Å². The third-order valence-corrected chi connectivity index (χ3v) is 2.30. The minimum atomic E-state index is -4.64. The second kappa shape index (κ2) is 10.8. The third kappa shape index (κ3) is 15.4. The molecule has 0 aliphatic heterocycles. The molecule has 11 heteroatoms. The van der Waals surface area contributed by atoms with Crippen molar-refractivity contribution >= 4 is 13.8 Å². The zero-order valence-corrected chi connectivity index (χ0v) is 12.0. The summed E-state index contributed by atoms with van der Waals surface area (Å²) in [4.78, 5) is 32.3. The van der Waals surface area contributed by atoms with Crippen LogP contribution in [0.5, 0.6) is 0 Å². The number of carboxylic acids is 1. The summed E-state index contributed by atoms with van der Waals surface area (Å²) in [5.74, 6) is -1.90. The fourth-order valence-corrected chi connectivity index (χ4v) is 1.36. The highest BCUT2D eigenvalue weighted by Gasteiger charge is 2.24. The van der Waals surface area contributed by atoms with E-state index in [-0.39, 0.29) is 18.4 Å². The molecule has 0 bridgehead atoms. The van der Waals surface area contributed by atoms with Crippen LogP contribution in [0.15, 0.2) is 12.2 Å². The Bertz CT molecular complexity index is 345. The molecule has 2 unspecified atom stereocenters. The largest absolute Gasteiger partial charge is 0.478 e. The van der Waals surface area contributed by atoms with Crippen molar-refractivity contribution < 1.29 is 49.6 Å². The average molecular weight is 332 g/mol. The first kappa shape index (κ1) is 22.4. The maximum atomic E-state index is 10.7. The smallest absolute Gasteiger partial charge is 0.466 e. The van der Waals surface area contributed by atoms with Gasteiger partial charge in [0.2, 0.25) is 0 Å². The summed E-state index contributed by atoms with van der Waals surface area (Å²) >= 11 is 0. The zero-order valence-electron chi connectivity index (χ0n) is 11.1. The van der Waals surface area contributed by atoms with E-state index in [2.05, 4.69) is 6.58 Å². The first-order valence-corrected chi connectivity index (χ1v) is 7.27. The standard InChI is InChI=1S/C10H18O6.H3O4P/c1-6(10(15)16)7(2-8(13)4-11)3-9(14)5-12;1-5(2,3)4/h7-9,11-14H,1-5H2,(H,15,16);(H3,1,2,3,4). The van der Waals surface area contributed by atoms with Gasteiger partial charge in [0.1, 0.15) is 0 Å². The number of hydrogen-bond acceptors (Lipinski definition) is 6. The molecule has 8 N–H and O–H groups in total. The Balaban J connectivity index is 0. The van der Waals surface area contributed by atoms with Gasteiger partial charge in [-0.05, 0) is 18.8 Å². The van der Waals surface area contributed by atoms with Crippen molar-refractivity contribution in [2.45, 2.75) is 25.0 Å². The number of aliphatic hydroxyl groups excluding tert-OH is 4. The molecule has 0 radical (unpaired) electrons. The second-order valence-corrected chi connectivity index (χ2v) is 5.21. The maximum absolute atomic E-state index is 10.7. The van der Waals surface area contributed by atoms with Crippen LogP contribution in [0, 0.1) is 5.92 Å². The zero-order chi connectivity index (χ0) is 17.2. The third-order valence-electron chi connectivity index (χ3n) is 2.30. The van der Waals surface area contributed by atoms with Gasteiger partial charge in [0, 0.05) is 5.57 Å². The number of carbonyl (C=O) groups is 1. The van der Waals surface area contributed by atoms with E-state index in [9.17, 15) is 15.0 Å². The molecule has 0 amide bonds. The topological polar surface area (TPSA) is 196 Å². The Morgan fingerprint density at radius 2 is 1.29 bits per heavy atom. The minimum absolute atomic E-state index is 0.0152. The first-order chi connectivity index (χ1) is 9.42. The summed E-state index contributed by atoms with van der Waals surface area (Å²) < 4.78 is 8.88. The summed E-state index contributed by atoms with van der Waals surface area (Å²) in [6.07, 6.45) is -2.16. The van der Waals surface area contributed by atoms with E-state index in [0.717, 1.165) is 0 Å². The van der Waals surface area contributed by atoms with Gasteiger partial charge < -0.3 is 40.2 Å². The highest BCUT2D eigenvalue weighted by Crippen LogP contribution is 2.25. The Morgan fingerprint density at radius 3 is 1.48 bits per heavy atom. The fourth-order valence-electron chi connectivity index (χ4n) is 1.36. The minimum Gasteiger partial charge on any atom is -0.478 e. The lowest BCUT2D eigenvalue weighted by molar-refractivity contribution is -0.133. The van der Waals surface area contributed by atoms with Crippen LogP contribution in [0.2, 0.25) is 0 Å². The lowest BCUT2D eigenvalue weighted by Gasteiger charge is -2.21. The molecular formula is C10H21O10P. The van der Waals surface area contributed by atoms with Gasteiger partial charge in [-0.1, -0.05) is 6.58 Å². The van der Waals surface area contributed by atoms with Crippen LogP contribution < -0.4 is 0 Å². The number of aliphatic hydroxyl groups is 4. The molecule has 0 spiro atoms. The van der Waals surface area contributed by atoms with E-state index in [1.165, 1.54) is 0 Å². The molecule has 0 aliphatic rings. The molecule has 0 aromatic heterocycles. The van der Waals surface area contributed by atoms with Gasteiger partial charge >= 0.3 is 13.8 Å². The highest BCUT2D eigenvalue weighted by molar-refractivity contribution is 7.45. The normalized spacial score (nSPS) is 15.4. The van der Waals surface area contributed by atoms with Gasteiger partial charge in [-0.25, -0.2) is 9.36 Å². The molecule has 21 heavy (non-hydrogen) atoms. The predicted octanol–water partition coefficient (Wildman–Crippen LogP) is -2.20. The average Bonchev–Trinajstić information content (AvgIpc) is 2.34. The van der Waals surface area contributed by atoms with Crippen molar-refractivity contribution in [3.05, 3.63) is 12.2 Å². The Kier molecular flexibility index (Phi) is 11.6. The Hall–Kier alpha value is -0.840. The molecule has 0 heterocycles. The number of rotatable bonds is 8. The van der Waals surface area contributed by atoms with Crippen molar-refractivity contribution in [3.8, 4) is 0 Å². The van der Waals surface area contributed by atoms with Crippen LogP contribution in [0.25, 0.3) is 0 Å². The van der Waals surface area contributed by atoms with Crippen LogP contribution in [0.1, 0.15) is 12.8 Å². The van der Waals surface area contributed by atoms with E-state index >= 15 is 0 Å². The lowest BCUT2D eigenvalue weighted by Crippen LogP contribution is -2.26. The van der Waals surface area contributed by atoms with E-state index in [1.54, 1.807) is 0 Å². The van der Waals surface area contributed by atoms with E-state index in [1.807, 2.05) is 0 Å². The second-order valence-electron chi connectivity index (χ2n) is 4.18. The molecule has 0 saturated carbocycles. The maximum Gasteiger partial charge on any atom is 0.466 e. The molecule has 0 aliphatic carbocycles. The monoisotopic (exact) mass is 332 g/mol. The van der Waals surface area contributed by atoms with Gasteiger partial charge in [0.05, 0.1) is 25.4 Å². The lowest BCUT2D eigenvalue weighted by atomic mass is 9.89. The molecule has 0 aromatic carbocycles. The summed E-state index contributed by atoms with van der Waals surface area (Å²) in [6, 6.07) is 0.